The van der Waals surface area contributed by atoms with Crippen molar-refractivity contribution < 1.29 is 4.79 Å². The average Bonchev–Trinajstić information content (AvgIpc) is 2.12. The lowest BCUT2D eigenvalue weighted by atomic mass is 10.3. The number of nitrogens with two attached hydrogens (primary N) is 1. The lowest BCUT2D eigenvalue weighted by Gasteiger charge is -2.10. The van der Waals surface area contributed by atoms with Gasteiger partial charge in [0.2, 0.25) is 0 Å². The maximum atomic E-state index is 11.0. The van der Waals surface area contributed by atoms with Gasteiger partial charge in [0.05, 0.1) is 12.4 Å². The van der Waals surface area contributed by atoms with E-state index >= 15 is 0 Å². The first kappa shape index (κ1) is 12.7. The van der Waals surface area contributed by atoms with Crippen LogP contribution in [-0.4, -0.2) is 44.0 Å². The number of amides is 2. The Kier molecular flexibility index (Phi) is 6.53. The molecule has 0 bridgehead atoms. The lowest BCUT2D eigenvalue weighted by molar-refractivity contribution is 0.218. The fourth-order valence-corrected chi connectivity index (χ4v) is 0.856. The van der Waals surface area contributed by atoms with Crippen molar-refractivity contribution in [2.75, 3.05) is 27.2 Å². The fourth-order valence-electron chi connectivity index (χ4n) is 0.856. The third-order valence-electron chi connectivity index (χ3n) is 1.62. The second-order valence-corrected chi connectivity index (χ2v) is 3.25. The van der Waals surface area contributed by atoms with Crippen LogP contribution in [0.1, 0.15) is 19.8 Å². The molecule has 0 rings (SSSR count). The zero-order valence-electron chi connectivity index (χ0n) is 9.21. The number of carbonyl (C=O) groups is 1. The normalized spacial score (nSPS) is 11.2. The molecule has 3 N–H and O–H groups in total. The molecule has 0 fully saturated rings. The number of hydrogen-bond acceptors (Lipinski definition) is 2. The molecule has 0 aromatic rings. The number of nitrogens with one attached hydrogen (secondary N) is 1. The molecule has 0 aliphatic rings. The second kappa shape index (κ2) is 7.17. The predicted molar refractivity (Wildman–Crippen MR) is 58.5 cm³/mol. The van der Waals surface area contributed by atoms with E-state index in [0.717, 1.165) is 12.8 Å². The smallest absolute Gasteiger partial charge is 0.316 e. The number of rotatable bonds is 5. The SMILES string of the molecule is CCCC(N)=NCCNC(=O)N(C)C. The van der Waals surface area contributed by atoms with E-state index in [9.17, 15) is 4.79 Å². The summed E-state index contributed by atoms with van der Waals surface area (Å²) < 4.78 is 0. The topological polar surface area (TPSA) is 70.7 Å². The van der Waals surface area contributed by atoms with Gasteiger partial charge >= 0.3 is 6.03 Å². The van der Waals surface area contributed by atoms with Crippen LogP contribution in [0.5, 0.6) is 0 Å². The molecule has 0 unspecified atom stereocenters. The Morgan fingerprint density at radius 2 is 2.14 bits per heavy atom. The lowest BCUT2D eigenvalue weighted by Crippen LogP contribution is -2.36. The largest absolute Gasteiger partial charge is 0.387 e. The summed E-state index contributed by atoms with van der Waals surface area (Å²) in [5, 5.41) is 2.70. The van der Waals surface area contributed by atoms with Gasteiger partial charge in [0.25, 0.3) is 0 Å². The molecule has 0 aliphatic carbocycles. The van der Waals surface area contributed by atoms with Gasteiger partial charge in [0.1, 0.15) is 0 Å². The minimum absolute atomic E-state index is 0.103. The van der Waals surface area contributed by atoms with Crippen LogP contribution in [0.4, 0.5) is 4.79 Å². The van der Waals surface area contributed by atoms with E-state index in [0.29, 0.717) is 18.9 Å². The molecule has 0 saturated heterocycles. The molecule has 0 radical (unpaired) electrons. The molecule has 0 aromatic heterocycles. The fraction of sp³-hybridized carbons (Fsp3) is 0.778. The summed E-state index contributed by atoms with van der Waals surface area (Å²) in [5.41, 5.74) is 5.59. The Balaban J connectivity index is 3.55. The minimum Gasteiger partial charge on any atom is -0.387 e. The Morgan fingerprint density at radius 3 is 2.64 bits per heavy atom. The molecule has 0 aromatic carbocycles. The van der Waals surface area contributed by atoms with Crippen LogP contribution in [0.15, 0.2) is 4.99 Å². The molecule has 0 heterocycles. The van der Waals surface area contributed by atoms with Crippen molar-refractivity contribution in [2.24, 2.45) is 10.7 Å². The van der Waals surface area contributed by atoms with E-state index in [1.54, 1.807) is 14.1 Å². The van der Waals surface area contributed by atoms with Crippen LogP contribution in [0.25, 0.3) is 0 Å². The summed E-state index contributed by atoms with van der Waals surface area (Å²) in [5.74, 6) is 0.659. The van der Waals surface area contributed by atoms with Crippen LogP contribution in [0, 0.1) is 0 Å². The van der Waals surface area contributed by atoms with Gasteiger partial charge in [-0.15, -0.1) is 0 Å². The van der Waals surface area contributed by atoms with Crippen LogP contribution >= 0.6 is 0 Å². The summed E-state index contributed by atoms with van der Waals surface area (Å²) >= 11 is 0. The molecular weight excluding hydrogens is 180 g/mol. The van der Waals surface area contributed by atoms with Gasteiger partial charge in [0.15, 0.2) is 0 Å². The molecule has 0 spiro atoms. The zero-order valence-corrected chi connectivity index (χ0v) is 9.21. The highest BCUT2D eigenvalue weighted by Gasteiger charge is 1.99. The first-order valence-corrected chi connectivity index (χ1v) is 4.81. The highest BCUT2D eigenvalue weighted by molar-refractivity contribution is 5.80. The average molecular weight is 200 g/mol. The van der Waals surface area contributed by atoms with E-state index in [1.807, 2.05) is 0 Å². The Hall–Kier alpha value is -1.26. The van der Waals surface area contributed by atoms with E-state index in [2.05, 4.69) is 17.2 Å². The number of nitrogens with zero attached hydrogens (tertiary/aromatic N) is 2. The molecule has 82 valence electrons. The van der Waals surface area contributed by atoms with Crippen LogP contribution in [0.3, 0.4) is 0 Å². The maximum absolute atomic E-state index is 11.0. The minimum atomic E-state index is -0.103. The zero-order chi connectivity index (χ0) is 11.0. The molecule has 14 heavy (non-hydrogen) atoms. The summed E-state index contributed by atoms with van der Waals surface area (Å²) in [4.78, 5) is 16.6. The Morgan fingerprint density at radius 1 is 1.50 bits per heavy atom. The molecule has 0 aliphatic heterocycles. The van der Waals surface area contributed by atoms with Crippen molar-refractivity contribution in [3.05, 3.63) is 0 Å². The standard InChI is InChI=1S/C9H20N4O/c1-4-5-8(10)11-6-7-12-9(14)13(2)3/h4-7H2,1-3H3,(H2,10,11)(H,12,14). The number of amidine groups is 1. The van der Waals surface area contributed by atoms with Gasteiger partial charge in [-0.05, 0) is 6.42 Å². The predicted octanol–water partition coefficient (Wildman–Crippen LogP) is 0.415. The molecular formula is C9H20N4O. The third-order valence-corrected chi connectivity index (χ3v) is 1.62. The number of urea groups is 1. The van der Waals surface area contributed by atoms with E-state index in [4.69, 9.17) is 5.73 Å². The van der Waals surface area contributed by atoms with Crippen molar-refractivity contribution in [3.8, 4) is 0 Å². The van der Waals surface area contributed by atoms with Gasteiger partial charge in [-0.1, -0.05) is 6.92 Å². The van der Waals surface area contributed by atoms with Crippen LogP contribution < -0.4 is 11.1 Å². The number of carbonyl (C=O) groups excluding carboxylic acids is 1. The quantitative estimate of drug-likeness (QED) is 0.383. The second-order valence-electron chi connectivity index (χ2n) is 3.25. The number of aliphatic imine (C=N–C) groups is 1. The number of hydrogen-bond donors (Lipinski definition) is 2. The van der Waals surface area contributed by atoms with Gasteiger partial charge in [0, 0.05) is 27.1 Å². The van der Waals surface area contributed by atoms with Crippen molar-refractivity contribution in [1.82, 2.24) is 10.2 Å². The van der Waals surface area contributed by atoms with Crippen LogP contribution in [0.2, 0.25) is 0 Å². The van der Waals surface area contributed by atoms with E-state index in [1.165, 1.54) is 4.90 Å². The molecule has 2 amide bonds. The molecule has 0 atom stereocenters. The van der Waals surface area contributed by atoms with Gasteiger partial charge in [-0.2, -0.15) is 0 Å². The molecule has 5 nitrogen and oxygen atoms in total. The summed E-state index contributed by atoms with van der Waals surface area (Å²) in [6.45, 7) is 3.13. The Bertz CT molecular complexity index is 201. The molecule has 0 saturated carbocycles. The highest BCUT2D eigenvalue weighted by atomic mass is 16.2. The summed E-state index contributed by atoms with van der Waals surface area (Å²) in [7, 11) is 3.40. The van der Waals surface area contributed by atoms with Gasteiger partial charge in [-0.3, -0.25) is 4.99 Å². The van der Waals surface area contributed by atoms with E-state index in [-0.39, 0.29) is 6.03 Å². The Labute approximate surface area is 85.4 Å². The van der Waals surface area contributed by atoms with E-state index < -0.39 is 0 Å². The third kappa shape index (κ3) is 6.28. The summed E-state index contributed by atoms with van der Waals surface area (Å²) in [6, 6.07) is -0.103. The summed E-state index contributed by atoms with van der Waals surface area (Å²) in [6.07, 6.45) is 1.82. The van der Waals surface area contributed by atoms with Gasteiger partial charge in [-0.25, -0.2) is 4.79 Å². The van der Waals surface area contributed by atoms with Crippen LogP contribution in [-0.2, 0) is 0 Å². The van der Waals surface area contributed by atoms with Crippen molar-refractivity contribution in [2.45, 2.75) is 19.8 Å². The maximum Gasteiger partial charge on any atom is 0.316 e. The van der Waals surface area contributed by atoms with Crippen molar-refractivity contribution in [1.29, 1.82) is 0 Å². The highest BCUT2D eigenvalue weighted by Crippen LogP contribution is 1.86. The molecule has 5 heteroatoms. The van der Waals surface area contributed by atoms with Crippen molar-refractivity contribution >= 4 is 11.9 Å². The first-order chi connectivity index (χ1) is 6.57. The van der Waals surface area contributed by atoms with Gasteiger partial charge < -0.3 is 16.0 Å². The monoisotopic (exact) mass is 200 g/mol. The van der Waals surface area contributed by atoms with Crippen molar-refractivity contribution in [3.63, 3.8) is 0 Å². The first-order valence-electron chi connectivity index (χ1n) is 4.81.